The molecule has 180 valence electrons. The van der Waals surface area contributed by atoms with Crippen molar-refractivity contribution in [2.24, 2.45) is 0 Å². The largest absolute Gasteiger partial charge is 0.481 e. The summed E-state index contributed by atoms with van der Waals surface area (Å²) in [6.45, 7) is 8.31. The molecule has 0 rings (SSSR count). The van der Waals surface area contributed by atoms with E-state index in [1.807, 2.05) is 21.1 Å². The van der Waals surface area contributed by atoms with Crippen LogP contribution in [0.5, 0.6) is 0 Å². The quantitative estimate of drug-likeness (QED) is 0.152. The molecular weight excluding hydrogens is 405 g/mol. The molecule has 0 bridgehead atoms. The van der Waals surface area contributed by atoms with Crippen LogP contribution < -0.4 is 0 Å². The molecule has 0 heterocycles. The van der Waals surface area contributed by atoms with Crippen molar-refractivity contribution in [2.75, 3.05) is 40.9 Å². The number of rotatable bonds is 20. The predicted octanol–water partition coefficient (Wildman–Crippen LogP) is 5.11. The number of carboxylic acids is 1. The zero-order valence-electron chi connectivity index (χ0n) is 20.2. The summed E-state index contributed by atoms with van der Waals surface area (Å²) in [4.78, 5) is 20.9. The Hall–Kier alpha value is -0.300. The van der Waals surface area contributed by atoms with Crippen LogP contribution in [0.3, 0.4) is 0 Å². The molecule has 2 N–H and O–H groups in total. The summed E-state index contributed by atoms with van der Waals surface area (Å²) < 4.78 is 17.4. The van der Waals surface area contributed by atoms with Gasteiger partial charge >= 0.3 is 14.6 Å². The van der Waals surface area contributed by atoms with Crippen molar-refractivity contribution in [3.05, 3.63) is 0 Å². The van der Waals surface area contributed by atoms with E-state index in [4.69, 9.17) is 18.9 Å². The lowest BCUT2D eigenvalue weighted by atomic mass is 10.0. The first kappa shape index (κ1) is 29.7. The molecule has 0 amide bonds. The Morgan fingerprint density at radius 2 is 1.57 bits per heavy atom. The highest BCUT2D eigenvalue weighted by Crippen LogP contribution is 2.36. The Balaban J connectivity index is 3.74. The highest BCUT2D eigenvalue weighted by molar-refractivity contribution is 7.40. The second-order valence-corrected chi connectivity index (χ2v) is 10.6. The number of carboxylic acid groups (broad SMARTS) is 1. The van der Waals surface area contributed by atoms with Gasteiger partial charge in [-0.15, -0.1) is 0 Å². The molecule has 0 saturated heterocycles. The van der Waals surface area contributed by atoms with Gasteiger partial charge in [-0.1, -0.05) is 45.4 Å². The second-order valence-electron chi connectivity index (χ2n) is 9.70. The summed E-state index contributed by atoms with van der Waals surface area (Å²) in [5.74, 6) is -0.938. The number of likely N-dealkylation sites (N-methyl/N-ethyl adjacent to an activating group) is 1. The van der Waals surface area contributed by atoms with Crippen LogP contribution in [0.25, 0.3) is 0 Å². The third-order valence-electron chi connectivity index (χ3n) is 4.76. The van der Waals surface area contributed by atoms with Gasteiger partial charge in [-0.2, -0.15) is 0 Å². The Morgan fingerprint density at radius 1 is 1.00 bits per heavy atom. The van der Waals surface area contributed by atoms with E-state index in [9.17, 15) is 9.69 Å². The van der Waals surface area contributed by atoms with E-state index in [-0.39, 0.29) is 12.0 Å². The summed E-state index contributed by atoms with van der Waals surface area (Å²) in [5.41, 5.74) is -0.00651. The van der Waals surface area contributed by atoms with Gasteiger partial charge in [0.15, 0.2) is 0 Å². The zero-order valence-corrected chi connectivity index (χ0v) is 21.1. The minimum absolute atomic E-state index is 0.00651. The van der Waals surface area contributed by atoms with Crippen LogP contribution in [0, 0.1) is 0 Å². The van der Waals surface area contributed by atoms with Crippen LogP contribution in [0.4, 0.5) is 0 Å². The van der Waals surface area contributed by atoms with Gasteiger partial charge in [0.2, 0.25) is 0 Å². The van der Waals surface area contributed by atoms with Gasteiger partial charge in [0.05, 0.1) is 39.8 Å². The van der Waals surface area contributed by atoms with Crippen molar-refractivity contribution in [2.45, 2.75) is 96.7 Å². The molecule has 0 saturated carbocycles. The molecule has 0 aliphatic carbocycles. The van der Waals surface area contributed by atoms with Crippen LogP contribution in [0.2, 0.25) is 0 Å². The highest BCUT2D eigenvalue weighted by Gasteiger charge is 2.25. The van der Waals surface area contributed by atoms with E-state index in [1.54, 1.807) is 0 Å². The van der Waals surface area contributed by atoms with Crippen LogP contribution >= 0.6 is 8.60 Å². The van der Waals surface area contributed by atoms with Gasteiger partial charge in [0.1, 0.15) is 12.6 Å². The maximum Gasteiger partial charge on any atom is 0.330 e. The standard InChI is InChI=1S/C22H46NO6P/c1-7-8-15-22(2,3)27-16-13-11-9-10-12-14-17-28-30(26)29-20(18-21(24)25)19-23(4,5)6/h20,26H,7-19H2,1-6H3/p+1/t20?,30-/m0/s1. The van der Waals surface area contributed by atoms with E-state index < -0.39 is 20.7 Å². The average molecular weight is 453 g/mol. The number of hydrogen-bond acceptors (Lipinski definition) is 5. The third kappa shape index (κ3) is 19.7. The Bertz CT molecular complexity index is 442. The van der Waals surface area contributed by atoms with Crippen LogP contribution in [-0.4, -0.2) is 73.1 Å². The smallest absolute Gasteiger partial charge is 0.330 e. The maximum absolute atomic E-state index is 11.0. The van der Waals surface area contributed by atoms with Crippen LogP contribution in [0.15, 0.2) is 0 Å². The van der Waals surface area contributed by atoms with E-state index in [2.05, 4.69) is 20.8 Å². The second kappa shape index (κ2) is 16.3. The summed E-state index contributed by atoms with van der Waals surface area (Å²) in [6.07, 6.45) is 9.32. The molecular formula is C22H47NO6P+. The first-order valence-electron chi connectivity index (χ1n) is 11.4. The lowest BCUT2D eigenvalue weighted by Gasteiger charge is -2.29. The van der Waals surface area contributed by atoms with Crippen molar-refractivity contribution in [1.29, 1.82) is 0 Å². The molecule has 2 atom stereocenters. The predicted molar refractivity (Wildman–Crippen MR) is 122 cm³/mol. The number of ether oxygens (including phenoxy) is 1. The minimum atomic E-state index is -2.04. The fourth-order valence-electron chi connectivity index (χ4n) is 3.18. The first-order valence-corrected chi connectivity index (χ1v) is 12.5. The molecule has 0 radical (unpaired) electrons. The number of quaternary nitrogens is 1. The molecule has 0 spiro atoms. The Labute approximate surface area is 185 Å². The van der Waals surface area contributed by atoms with Crippen molar-refractivity contribution in [1.82, 2.24) is 0 Å². The van der Waals surface area contributed by atoms with Gasteiger partial charge in [-0.3, -0.25) is 4.79 Å². The molecule has 0 fully saturated rings. The van der Waals surface area contributed by atoms with Crippen molar-refractivity contribution in [3.63, 3.8) is 0 Å². The zero-order chi connectivity index (χ0) is 23.0. The molecule has 0 aromatic heterocycles. The minimum Gasteiger partial charge on any atom is -0.481 e. The van der Waals surface area contributed by atoms with Crippen LogP contribution in [-0.2, 0) is 18.6 Å². The third-order valence-corrected chi connectivity index (χ3v) is 5.64. The Kier molecular flexibility index (Phi) is 16.2. The number of hydrogen-bond donors (Lipinski definition) is 2. The summed E-state index contributed by atoms with van der Waals surface area (Å²) >= 11 is 0. The molecule has 0 aromatic rings. The summed E-state index contributed by atoms with van der Waals surface area (Å²) in [6, 6.07) is 0. The van der Waals surface area contributed by atoms with E-state index in [0.29, 0.717) is 17.6 Å². The van der Waals surface area contributed by atoms with Gasteiger partial charge in [0, 0.05) is 6.61 Å². The molecule has 7 nitrogen and oxygen atoms in total. The molecule has 0 aromatic carbocycles. The maximum atomic E-state index is 11.0. The first-order chi connectivity index (χ1) is 13.9. The van der Waals surface area contributed by atoms with Crippen LogP contribution in [0.1, 0.15) is 85.0 Å². The van der Waals surface area contributed by atoms with Gasteiger partial charge in [0.25, 0.3) is 0 Å². The molecule has 0 aliphatic rings. The lowest BCUT2D eigenvalue weighted by molar-refractivity contribution is -0.873. The van der Waals surface area contributed by atoms with E-state index in [0.717, 1.165) is 38.7 Å². The number of carbonyl (C=O) groups is 1. The topological polar surface area (TPSA) is 85.2 Å². The monoisotopic (exact) mass is 452 g/mol. The summed E-state index contributed by atoms with van der Waals surface area (Å²) in [7, 11) is 3.83. The normalized spacial score (nSPS) is 14.6. The molecule has 0 aliphatic heterocycles. The molecule has 1 unspecified atom stereocenters. The number of aliphatic carboxylic acids is 1. The highest BCUT2D eigenvalue weighted by atomic mass is 31.2. The van der Waals surface area contributed by atoms with Gasteiger partial charge in [-0.25, -0.2) is 0 Å². The number of unbranched alkanes of at least 4 members (excludes halogenated alkanes) is 6. The SMILES string of the molecule is CCCCC(C)(C)OCCCCCCCCO[P@](O)OC(CC(=O)O)C[N+](C)(C)C. The van der Waals surface area contributed by atoms with Gasteiger partial charge < -0.3 is 28.3 Å². The van der Waals surface area contributed by atoms with E-state index in [1.165, 1.54) is 25.7 Å². The number of nitrogens with zero attached hydrogens (tertiary/aromatic N) is 1. The molecule has 8 heteroatoms. The summed E-state index contributed by atoms with van der Waals surface area (Å²) in [5, 5.41) is 9.01. The van der Waals surface area contributed by atoms with Crippen molar-refractivity contribution in [3.8, 4) is 0 Å². The average Bonchev–Trinajstić information content (AvgIpc) is 2.59. The van der Waals surface area contributed by atoms with Crippen molar-refractivity contribution >= 4 is 14.6 Å². The fraction of sp³-hybridized carbons (Fsp3) is 0.955. The van der Waals surface area contributed by atoms with Crippen molar-refractivity contribution < 1.29 is 33.1 Å². The van der Waals surface area contributed by atoms with Gasteiger partial charge in [-0.05, 0) is 33.1 Å². The van der Waals surface area contributed by atoms with E-state index >= 15 is 0 Å². The lowest BCUT2D eigenvalue weighted by Crippen LogP contribution is -2.42. The fourth-order valence-corrected chi connectivity index (χ4v) is 3.92. The Morgan fingerprint density at radius 3 is 2.10 bits per heavy atom. The molecule has 30 heavy (non-hydrogen) atoms.